The molecule has 17 nitrogen and oxygen atoms in total. The van der Waals surface area contributed by atoms with E-state index in [2.05, 4.69) is 5.32 Å². The van der Waals surface area contributed by atoms with Crippen molar-refractivity contribution >= 4 is 74.0 Å². The van der Waals surface area contributed by atoms with Crippen LogP contribution >= 0.6 is 0 Å². The zero-order valence-electron chi connectivity index (χ0n) is 37.2. The number of hydrogen-bond acceptors (Lipinski definition) is 16. The van der Waals surface area contributed by atoms with Crippen molar-refractivity contribution in [2.24, 2.45) is 23.7 Å². The number of aromatic hydroxyl groups is 1. The summed E-state index contributed by atoms with van der Waals surface area (Å²) in [6, 6.07) is 1.45. The first-order valence-electron chi connectivity index (χ1n) is 21.2. The molecule has 4 bridgehead atoms. The van der Waals surface area contributed by atoms with Gasteiger partial charge in [0, 0.05) is 87.3 Å². The first-order chi connectivity index (χ1) is 30.2. The van der Waals surface area contributed by atoms with Crippen molar-refractivity contribution in [3.05, 3.63) is 73.4 Å². The molecule has 17 heteroatoms. The Bertz CT molecular complexity index is 2870. The first kappa shape index (κ1) is 45.6. The molecule has 7 rings (SSSR count). The first-order valence-corrected chi connectivity index (χ1v) is 21.2. The van der Waals surface area contributed by atoms with Gasteiger partial charge in [-0.15, -0.1) is 0 Å². The third-order valence-electron chi connectivity index (χ3n) is 12.9. The molecule has 4 aromatic rings. The number of allylic oxidation sites excluding steroid dienone is 3. The van der Waals surface area contributed by atoms with Crippen LogP contribution in [0.4, 0.5) is 17.1 Å². The molecule has 0 unspecified atom stereocenters. The topological polar surface area (TPSA) is 238 Å². The van der Waals surface area contributed by atoms with E-state index in [4.69, 9.17) is 23.6 Å². The number of nitrogens with one attached hydrogen (secondary N) is 1. The standard InChI is InChI=1S/C47H54N4O13/c1-21-12-10-13-22(2)46(60)49-36-41(58)32-31(35-43(36)63-44-34(48-35)29(54)19-28-37(44)51(9)16-11-15-50(28)8)33-42(25(5)40(32)57)64-47(7,45(33)59)61-17-14-27(20-52)18-30(62-26(6)53)23(3)39(56)24(4)38(21)55/h10,12-14,17,19-21,23-24,27,30,38-39,55-57,59H,11,15-16,18H2,1-9H3,(H,49,60)/b12-10+,17-14+,22-13-/t21-,23-,24+,27-,30+,38-,39-,47-/m0/s1. The lowest BCUT2D eigenvalue weighted by molar-refractivity contribution is -0.154. The minimum Gasteiger partial charge on any atom is -0.507 e. The van der Waals surface area contributed by atoms with E-state index >= 15 is 0 Å². The van der Waals surface area contributed by atoms with Gasteiger partial charge in [-0.2, -0.15) is 0 Å². The minimum atomic E-state index is -2.04. The summed E-state index contributed by atoms with van der Waals surface area (Å²) in [7, 11) is 3.68. The van der Waals surface area contributed by atoms with Crippen LogP contribution in [0.3, 0.4) is 0 Å². The van der Waals surface area contributed by atoms with Crippen molar-refractivity contribution in [3.8, 4) is 11.5 Å². The molecule has 1 aromatic heterocycles. The van der Waals surface area contributed by atoms with E-state index < -0.39 is 87.7 Å². The largest absolute Gasteiger partial charge is 0.507 e. The molecular weight excluding hydrogens is 829 g/mol. The van der Waals surface area contributed by atoms with Gasteiger partial charge in [0.15, 0.2) is 22.4 Å². The predicted octanol–water partition coefficient (Wildman–Crippen LogP) is 4.39. The summed E-state index contributed by atoms with van der Waals surface area (Å²) in [6.07, 6.45) is 5.12. The summed E-state index contributed by atoms with van der Waals surface area (Å²) in [6.45, 7) is 11.8. The third-order valence-corrected chi connectivity index (χ3v) is 12.9. The fraction of sp³-hybridized carbons (Fsp3) is 0.447. The lowest BCUT2D eigenvalue weighted by Gasteiger charge is -2.34. The molecule has 5 N–H and O–H groups in total. The average Bonchev–Trinajstić information content (AvgIpc) is 3.43. The Morgan fingerprint density at radius 1 is 0.984 bits per heavy atom. The number of hydrogen-bond donors (Lipinski definition) is 5. The minimum absolute atomic E-state index is 0.0242. The smallest absolute Gasteiger partial charge is 0.307 e. The summed E-state index contributed by atoms with van der Waals surface area (Å²) in [4.78, 5) is 76.2. The van der Waals surface area contributed by atoms with Crippen LogP contribution < -0.4 is 35.9 Å². The number of ether oxygens (including phenoxy) is 3. The molecule has 3 aliphatic heterocycles. The number of amides is 1. The van der Waals surface area contributed by atoms with Crippen molar-refractivity contribution in [2.75, 3.05) is 42.3 Å². The number of nitrogens with zero attached hydrogens (tertiary/aromatic N) is 3. The van der Waals surface area contributed by atoms with Crippen LogP contribution in [0.1, 0.15) is 59.9 Å². The van der Waals surface area contributed by atoms with Crippen molar-refractivity contribution in [2.45, 2.75) is 85.4 Å². The number of aromatic nitrogens is 1. The van der Waals surface area contributed by atoms with Gasteiger partial charge >= 0.3 is 11.8 Å². The van der Waals surface area contributed by atoms with Crippen molar-refractivity contribution in [1.82, 2.24) is 4.98 Å². The molecule has 3 aromatic carbocycles. The Morgan fingerprint density at radius 2 is 1.69 bits per heavy atom. The number of esters is 1. The number of carbonyl (C=O) groups excluding carboxylic acids is 3. The van der Waals surface area contributed by atoms with Crippen LogP contribution in [0.15, 0.2) is 56.2 Å². The number of anilines is 3. The molecular formula is C47H54N4O13. The third kappa shape index (κ3) is 7.80. The molecule has 8 atom stereocenters. The monoisotopic (exact) mass is 882 g/mol. The highest BCUT2D eigenvalue weighted by Gasteiger charge is 2.44. The molecule has 4 heterocycles. The van der Waals surface area contributed by atoms with Crippen LogP contribution in [0, 0.1) is 30.6 Å². The fourth-order valence-corrected chi connectivity index (χ4v) is 8.89. The zero-order valence-corrected chi connectivity index (χ0v) is 37.2. The summed E-state index contributed by atoms with van der Waals surface area (Å²) in [5, 5.41) is 48.8. The summed E-state index contributed by atoms with van der Waals surface area (Å²) >= 11 is 0. The number of benzene rings is 3. The maximum Gasteiger partial charge on any atom is 0.307 e. The van der Waals surface area contributed by atoms with Crippen LogP contribution in [-0.4, -0.2) is 94.9 Å². The van der Waals surface area contributed by atoms with Crippen LogP contribution in [0.25, 0.3) is 38.7 Å². The van der Waals surface area contributed by atoms with E-state index in [-0.39, 0.29) is 61.5 Å². The number of fused-ring (bicyclic) bond motifs is 4. The average molecular weight is 883 g/mol. The predicted molar refractivity (Wildman–Crippen MR) is 240 cm³/mol. The highest BCUT2D eigenvalue weighted by Crippen LogP contribution is 2.44. The number of aliphatic hydroxyl groups is 3. The number of phenols is 1. The highest BCUT2D eigenvalue weighted by atomic mass is 16.7. The number of phenolic OH excluding ortho intramolecular Hbond substituents is 1. The van der Waals surface area contributed by atoms with Crippen molar-refractivity contribution in [1.29, 1.82) is 0 Å². The van der Waals surface area contributed by atoms with Gasteiger partial charge in [0.05, 0.1) is 34.8 Å². The van der Waals surface area contributed by atoms with E-state index in [1.54, 1.807) is 32.9 Å². The van der Waals surface area contributed by atoms with E-state index in [1.807, 2.05) is 23.9 Å². The summed E-state index contributed by atoms with van der Waals surface area (Å²) < 4.78 is 24.4. The molecule has 3 aliphatic rings. The Balaban J connectivity index is 1.53. The number of aliphatic hydroxyl groups excluding tert-OH is 3. The Hall–Kier alpha value is -6.46. The molecule has 0 saturated carbocycles. The van der Waals surface area contributed by atoms with Gasteiger partial charge in [-0.3, -0.25) is 19.2 Å². The lowest BCUT2D eigenvalue weighted by Crippen LogP contribution is -2.42. The number of aldehydes is 1. The van der Waals surface area contributed by atoms with Crippen LogP contribution in [-0.2, 0) is 23.9 Å². The Kier molecular flexibility index (Phi) is 12.3. The van der Waals surface area contributed by atoms with Gasteiger partial charge in [0.25, 0.3) is 5.91 Å². The SMILES string of the molecule is CC(=O)O[C@@H]1C[C@@H](C=O)/C=C/O[C@@]2(C)Oc3c(C)c(O)c4c(=O)c(c5oc6c7c(cc(=O)c6nc5c4c3=C2O)N(C)CCCN7C)NC(=O)/C(C)=C\C=C\[C@H](C)[C@H](O)[C@@H](C)[C@@H](O)[C@H]1C. The molecule has 64 heavy (non-hydrogen) atoms. The van der Waals surface area contributed by atoms with E-state index in [0.29, 0.717) is 30.8 Å². The Morgan fingerprint density at radius 3 is 2.38 bits per heavy atom. The van der Waals surface area contributed by atoms with Crippen LogP contribution in [0.2, 0.25) is 0 Å². The zero-order chi connectivity index (χ0) is 46.7. The fourth-order valence-electron chi connectivity index (χ4n) is 8.89. The molecule has 0 radical (unpaired) electrons. The second kappa shape index (κ2) is 17.3. The lowest BCUT2D eigenvalue weighted by atomic mass is 9.80. The molecule has 0 aliphatic carbocycles. The highest BCUT2D eigenvalue weighted by molar-refractivity contribution is 6.17. The second-order valence-corrected chi connectivity index (χ2v) is 17.4. The second-order valence-electron chi connectivity index (χ2n) is 17.4. The maximum absolute atomic E-state index is 14.9. The normalized spacial score (nSPS) is 28.8. The molecule has 0 saturated heterocycles. The quantitative estimate of drug-likeness (QED) is 0.0812. The van der Waals surface area contributed by atoms with Crippen molar-refractivity contribution < 1.29 is 53.4 Å². The van der Waals surface area contributed by atoms with Gasteiger partial charge in [-0.1, -0.05) is 39.0 Å². The molecule has 1 amide bonds. The van der Waals surface area contributed by atoms with Gasteiger partial charge in [0.1, 0.15) is 40.8 Å². The van der Waals surface area contributed by atoms with Gasteiger partial charge in [-0.05, 0) is 32.8 Å². The molecule has 340 valence electrons. The van der Waals surface area contributed by atoms with Gasteiger partial charge in [0.2, 0.25) is 10.9 Å². The number of rotatable bonds is 2. The van der Waals surface area contributed by atoms with Crippen molar-refractivity contribution in [3.63, 3.8) is 0 Å². The number of carbonyl (C=O) groups is 3. The van der Waals surface area contributed by atoms with Gasteiger partial charge < -0.3 is 59.0 Å². The van der Waals surface area contributed by atoms with E-state index in [0.717, 1.165) is 12.7 Å². The summed E-state index contributed by atoms with van der Waals surface area (Å²) in [5.41, 5.74) is -1.06. The molecule has 0 spiro atoms. The molecule has 0 fully saturated rings. The van der Waals surface area contributed by atoms with E-state index in [9.17, 15) is 44.4 Å². The van der Waals surface area contributed by atoms with E-state index in [1.165, 1.54) is 45.9 Å². The maximum atomic E-state index is 14.9. The van der Waals surface area contributed by atoms with Crippen LogP contribution in [0.5, 0.6) is 11.5 Å². The van der Waals surface area contributed by atoms with Gasteiger partial charge in [-0.25, -0.2) is 4.98 Å². The Labute approximate surface area is 367 Å². The summed E-state index contributed by atoms with van der Waals surface area (Å²) in [5.74, 6) is -7.64.